The van der Waals surface area contributed by atoms with Gasteiger partial charge in [-0.3, -0.25) is 0 Å². The molecule has 0 radical (unpaired) electrons. The van der Waals surface area contributed by atoms with Crippen LogP contribution in [0.3, 0.4) is 0 Å². The fraction of sp³-hybridized carbons (Fsp3) is 0.429. The van der Waals surface area contributed by atoms with E-state index in [-0.39, 0.29) is 0 Å². The summed E-state index contributed by atoms with van der Waals surface area (Å²) in [7, 11) is 0. The molecular formula is C7H9F3O. The van der Waals surface area contributed by atoms with Gasteiger partial charge in [-0.15, -0.1) is 6.58 Å². The summed E-state index contributed by atoms with van der Waals surface area (Å²) in [4.78, 5) is 0. The molecule has 0 amide bonds. The fourth-order valence-electron chi connectivity index (χ4n) is 0.504. The van der Waals surface area contributed by atoms with Crippen molar-refractivity contribution in [1.82, 2.24) is 0 Å². The first-order chi connectivity index (χ1) is 5.07. The van der Waals surface area contributed by atoms with Crippen LogP contribution in [0.5, 0.6) is 0 Å². The highest BCUT2D eigenvalue weighted by Crippen LogP contribution is 2.14. The molecule has 1 atom stereocenters. The van der Waals surface area contributed by atoms with E-state index in [4.69, 9.17) is 0 Å². The van der Waals surface area contributed by atoms with Gasteiger partial charge in [-0.1, -0.05) is 6.08 Å². The predicted octanol–water partition coefficient (Wildman–Crippen LogP) is 3.00. The summed E-state index contributed by atoms with van der Waals surface area (Å²) >= 11 is 0. The van der Waals surface area contributed by atoms with Gasteiger partial charge in [0.1, 0.15) is 6.10 Å². The van der Waals surface area contributed by atoms with E-state index in [1.54, 1.807) is 0 Å². The molecular weight excluding hydrogens is 157 g/mol. The van der Waals surface area contributed by atoms with Crippen molar-refractivity contribution in [2.75, 3.05) is 0 Å². The summed E-state index contributed by atoms with van der Waals surface area (Å²) < 4.78 is 38.9. The van der Waals surface area contributed by atoms with Crippen LogP contribution in [0.15, 0.2) is 24.7 Å². The van der Waals surface area contributed by atoms with Gasteiger partial charge in [0.15, 0.2) is 0 Å². The molecule has 0 aromatic rings. The summed E-state index contributed by atoms with van der Waals surface area (Å²) in [5.41, 5.74) is 0. The van der Waals surface area contributed by atoms with Gasteiger partial charge in [0, 0.05) is 6.42 Å². The van der Waals surface area contributed by atoms with Crippen molar-refractivity contribution in [3.8, 4) is 0 Å². The molecule has 0 aliphatic carbocycles. The van der Waals surface area contributed by atoms with Crippen molar-refractivity contribution < 1.29 is 17.9 Å². The van der Waals surface area contributed by atoms with E-state index in [1.807, 2.05) is 0 Å². The topological polar surface area (TPSA) is 9.23 Å². The lowest BCUT2D eigenvalue weighted by Crippen LogP contribution is -2.04. The molecule has 1 unspecified atom stereocenters. The van der Waals surface area contributed by atoms with Crippen LogP contribution in [0.1, 0.15) is 13.3 Å². The minimum atomic E-state index is -2.43. The van der Waals surface area contributed by atoms with Crippen molar-refractivity contribution in [2.24, 2.45) is 0 Å². The third-order valence-electron chi connectivity index (χ3n) is 0.952. The van der Waals surface area contributed by atoms with Gasteiger partial charge in [0.2, 0.25) is 0 Å². The van der Waals surface area contributed by atoms with Crippen molar-refractivity contribution in [3.63, 3.8) is 0 Å². The van der Waals surface area contributed by atoms with Gasteiger partial charge in [-0.05, 0) is 6.92 Å². The van der Waals surface area contributed by atoms with Gasteiger partial charge in [0.25, 0.3) is 0 Å². The number of hydrogen-bond donors (Lipinski definition) is 0. The van der Waals surface area contributed by atoms with E-state index in [1.165, 1.54) is 13.0 Å². The number of ether oxygens (including phenoxy) is 1. The molecule has 0 saturated heterocycles. The largest absolute Gasteiger partial charge is 0.464 e. The maximum Gasteiger partial charge on any atom is 0.342 e. The first-order valence-electron chi connectivity index (χ1n) is 3.06. The van der Waals surface area contributed by atoms with Crippen LogP contribution in [0, 0.1) is 0 Å². The van der Waals surface area contributed by atoms with Gasteiger partial charge in [-0.2, -0.15) is 13.2 Å². The molecule has 0 aromatic carbocycles. The minimum Gasteiger partial charge on any atom is -0.464 e. The van der Waals surface area contributed by atoms with Crippen LogP contribution in [0.2, 0.25) is 0 Å². The molecule has 0 bridgehead atoms. The number of rotatable bonds is 4. The monoisotopic (exact) mass is 166 g/mol. The molecule has 0 fully saturated rings. The third kappa shape index (κ3) is 4.47. The van der Waals surface area contributed by atoms with E-state index < -0.39 is 18.2 Å². The highest BCUT2D eigenvalue weighted by atomic mass is 19.3. The highest BCUT2D eigenvalue weighted by molar-refractivity contribution is 4.83. The molecule has 64 valence electrons. The summed E-state index contributed by atoms with van der Waals surface area (Å²) in [6.45, 7) is 4.82. The molecule has 0 aromatic heterocycles. The smallest absolute Gasteiger partial charge is 0.342 e. The normalized spacial score (nSPS) is 12.0. The average Bonchev–Trinajstić information content (AvgIpc) is 1.87. The fourth-order valence-corrected chi connectivity index (χ4v) is 0.504. The minimum absolute atomic E-state index is 0.334. The van der Waals surface area contributed by atoms with Crippen LogP contribution < -0.4 is 0 Å². The number of hydrogen-bond acceptors (Lipinski definition) is 1. The molecule has 11 heavy (non-hydrogen) atoms. The zero-order chi connectivity index (χ0) is 8.85. The Morgan fingerprint density at radius 2 is 2.09 bits per heavy atom. The molecule has 0 rings (SSSR count). The zero-order valence-electron chi connectivity index (χ0n) is 6.11. The molecule has 0 aliphatic rings. The van der Waals surface area contributed by atoms with Crippen LogP contribution >= 0.6 is 0 Å². The molecule has 0 N–H and O–H groups in total. The lowest BCUT2D eigenvalue weighted by atomic mass is 10.3. The molecule has 0 heterocycles. The average molecular weight is 166 g/mol. The Labute approximate surface area is 63.2 Å². The first-order valence-corrected chi connectivity index (χ1v) is 3.06. The molecule has 4 heteroatoms. The Morgan fingerprint density at radius 3 is 2.45 bits per heavy atom. The highest BCUT2D eigenvalue weighted by Gasteiger charge is 2.09. The van der Waals surface area contributed by atoms with E-state index in [0.717, 1.165) is 0 Å². The second kappa shape index (κ2) is 4.82. The summed E-state index contributed by atoms with van der Waals surface area (Å²) in [6, 6.07) is -1.81. The van der Waals surface area contributed by atoms with Gasteiger partial charge >= 0.3 is 12.1 Å². The van der Waals surface area contributed by atoms with E-state index in [2.05, 4.69) is 11.3 Å². The lowest BCUT2D eigenvalue weighted by Gasteiger charge is -2.08. The van der Waals surface area contributed by atoms with Crippen LogP contribution in [0.4, 0.5) is 13.2 Å². The second-order valence-electron chi connectivity index (χ2n) is 1.99. The maximum atomic E-state index is 12.0. The molecule has 0 spiro atoms. The van der Waals surface area contributed by atoms with E-state index in [9.17, 15) is 13.2 Å². The third-order valence-corrected chi connectivity index (χ3v) is 0.952. The van der Waals surface area contributed by atoms with Crippen molar-refractivity contribution >= 4 is 0 Å². The maximum absolute atomic E-state index is 12.0. The standard InChI is InChI=1S/C7H9F3O/c1-3-4-5(2)11-7(10)6(8)9/h3,5H,1,4H2,2H3. The first kappa shape index (κ1) is 10.1. The van der Waals surface area contributed by atoms with Crippen molar-refractivity contribution in [1.29, 1.82) is 0 Å². The summed E-state index contributed by atoms with van der Waals surface area (Å²) in [5.74, 6) is 0. The van der Waals surface area contributed by atoms with Crippen LogP contribution in [0.25, 0.3) is 0 Å². The second-order valence-corrected chi connectivity index (χ2v) is 1.99. The SMILES string of the molecule is C=CCC(C)OC(F)=C(F)F. The van der Waals surface area contributed by atoms with Crippen molar-refractivity contribution in [2.45, 2.75) is 19.4 Å². The van der Waals surface area contributed by atoms with Crippen LogP contribution in [-0.2, 0) is 4.74 Å². The lowest BCUT2D eigenvalue weighted by molar-refractivity contribution is 0.0650. The Kier molecular flexibility index (Phi) is 4.41. The Bertz CT molecular complexity index is 161. The number of halogens is 3. The van der Waals surface area contributed by atoms with Gasteiger partial charge in [0.05, 0.1) is 0 Å². The molecule has 0 aliphatic heterocycles. The van der Waals surface area contributed by atoms with Crippen molar-refractivity contribution in [3.05, 3.63) is 24.7 Å². The Balaban J connectivity index is 3.84. The van der Waals surface area contributed by atoms with Gasteiger partial charge < -0.3 is 4.74 Å². The Hall–Kier alpha value is -0.930. The van der Waals surface area contributed by atoms with E-state index in [0.29, 0.717) is 6.42 Å². The summed E-state index contributed by atoms with van der Waals surface area (Å²) in [5, 5.41) is 0. The van der Waals surface area contributed by atoms with Gasteiger partial charge in [-0.25, -0.2) is 0 Å². The van der Waals surface area contributed by atoms with E-state index >= 15 is 0 Å². The molecule has 1 nitrogen and oxygen atoms in total. The quantitative estimate of drug-likeness (QED) is 0.460. The summed E-state index contributed by atoms with van der Waals surface area (Å²) in [6.07, 6.45) is -1.23. The van der Waals surface area contributed by atoms with Crippen LogP contribution in [-0.4, -0.2) is 6.10 Å². The Morgan fingerprint density at radius 1 is 1.55 bits per heavy atom. The zero-order valence-corrected chi connectivity index (χ0v) is 6.11. The predicted molar refractivity (Wildman–Crippen MR) is 35.7 cm³/mol. The molecule has 0 saturated carbocycles.